The fourth-order valence-electron chi connectivity index (χ4n) is 2.77. The Kier molecular flexibility index (Phi) is 5.22. The number of ether oxygens (including phenoxy) is 1. The number of aromatic nitrogens is 1. The molecule has 1 atom stereocenters. The van der Waals surface area contributed by atoms with E-state index in [-0.39, 0.29) is 19.2 Å². The van der Waals surface area contributed by atoms with Gasteiger partial charge in [0.1, 0.15) is 16.4 Å². The van der Waals surface area contributed by atoms with E-state index in [1.54, 1.807) is 13.3 Å². The first-order valence-corrected chi connectivity index (χ1v) is 8.80. The lowest BCUT2D eigenvalue weighted by molar-refractivity contribution is -0.00280. The second kappa shape index (κ2) is 7.38. The van der Waals surface area contributed by atoms with Crippen LogP contribution in [0.15, 0.2) is 30.5 Å². The number of nitrogens with zero attached hydrogens (tertiary/aromatic N) is 2. The molecule has 2 aromatic rings. The predicted molar refractivity (Wildman–Crippen MR) is 94.6 cm³/mol. The SMILES string of the molecule is COc1ccccc1-c1ncc(CNC(=O)N2CC[C@@](O)(CO)C2)s1. The molecule has 3 rings (SSSR count). The highest BCUT2D eigenvalue weighted by molar-refractivity contribution is 7.15. The van der Waals surface area contributed by atoms with Crippen LogP contribution in [0, 0.1) is 0 Å². The fourth-order valence-corrected chi connectivity index (χ4v) is 3.65. The summed E-state index contributed by atoms with van der Waals surface area (Å²) in [5.74, 6) is 0.757. The number of hydrogen-bond acceptors (Lipinski definition) is 6. The number of urea groups is 1. The van der Waals surface area contributed by atoms with Crippen molar-refractivity contribution in [2.24, 2.45) is 0 Å². The van der Waals surface area contributed by atoms with E-state index in [0.29, 0.717) is 19.5 Å². The fraction of sp³-hybridized carbons (Fsp3) is 0.412. The van der Waals surface area contributed by atoms with Crippen molar-refractivity contribution < 1.29 is 19.7 Å². The Bertz CT molecular complexity index is 751. The molecule has 8 heteroatoms. The van der Waals surface area contributed by atoms with Gasteiger partial charge in [-0.25, -0.2) is 9.78 Å². The zero-order chi connectivity index (χ0) is 17.9. The monoisotopic (exact) mass is 363 g/mol. The smallest absolute Gasteiger partial charge is 0.317 e. The molecule has 1 aromatic heterocycles. The van der Waals surface area contributed by atoms with Crippen molar-refractivity contribution in [1.82, 2.24) is 15.2 Å². The number of rotatable bonds is 5. The van der Waals surface area contributed by atoms with Crippen LogP contribution in [0.5, 0.6) is 5.75 Å². The lowest BCUT2D eigenvalue weighted by Gasteiger charge is -2.21. The Hall–Kier alpha value is -2.16. The minimum absolute atomic E-state index is 0.143. The van der Waals surface area contributed by atoms with Crippen molar-refractivity contribution in [2.75, 3.05) is 26.8 Å². The molecule has 0 saturated carbocycles. The maximum Gasteiger partial charge on any atom is 0.317 e. The Morgan fingerprint density at radius 1 is 1.48 bits per heavy atom. The third-order valence-electron chi connectivity index (χ3n) is 4.22. The number of methoxy groups -OCH3 is 1. The van der Waals surface area contributed by atoms with Gasteiger partial charge in [-0.2, -0.15) is 0 Å². The number of aliphatic hydroxyl groups is 2. The van der Waals surface area contributed by atoms with Gasteiger partial charge in [0.15, 0.2) is 0 Å². The summed E-state index contributed by atoms with van der Waals surface area (Å²) >= 11 is 1.49. The highest BCUT2D eigenvalue weighted by Gasteiger charge is 2.37. The van der Waals surface area contributed by atoms with Gasteiger partial charge in [0, 0.05) is 17.6 Å². The maximum atomic E-state index is 12.2. The Morgan fingerprint density at radius 2 is 2.28 bits per heavy atom. The van der Waals surface area contributed by atoms with Crippen LogP contribution in [-0.4, -0.2) is 58.5 Å². The Balaban J connectivity index is 1.60. The van der Waals surface area contributed by atoms with Crippen molar-refractivity contribution in [3.05, 3.63) is 35.3 Å². The number of carbonyl (C=O) groups is 1. The van der Waals surface area contributed by atoms with E-state index in [9.17, 15) is 9.90 Å². The molecule has 1 aliphatic heterocycles. The summed E-state index contributed by atoms with van der Waals surface area (Å²) in [7, 11) is 1.62. The largest absolute Gasteiger partial charge is 0.496 e. The van der Waals surface area contributed by atoms with E-state index in [4.69, 9.17) is 9.84 Å². The van der Waals surface area contributed by atoms with Gasteiger partial charge in [-0.3, -0.25) is 0 Å². The number of thiazole rings is 1. The van der Waals surface area contributed by atoms with Crippen LogP contribution in [0.1, 0.15) is 11.3 Å². The molecule has 1 saturated heterocycles. The second-order valence-corrected chi connectivity index (χ2v) is 7.16. The van der Waals surface area contributed by atoms with Gasteiger partial charge in [-0.15, -0.1) is 11.3 Å². The number of hydrogen-bond donors (Lipinski definition) is 3. The van der Waals surface area contributed by atoms with Crippen molar-refractivity contribution >= 4 is 17.4 Å². The van der Waals surface area contributed by atoms with E-state index >= 15 is 0 Å². The van der Waals surface area contributed by atoms with E-state index in [2.05, 4.69) is 10.3 Å². The molecule has 1 aliphatic rings. The van der Waals surface area contributed by atoms with Gasteiger partial charge in [-0.05, 0) is 18.6 Å². The predicted octanol–water partition coefficient (Wildman–Crippen LogP) is 1.46. The third kappa shape index (κ3) is 3.92. The first-order valence-electron chi connectivity index (χ1n) is 7.99. The topological polar surface area (TPSA) is 94.9 Å². The summed E-state index contributed by atoms with van der Waals surface area (Å²) in [5.41, 5.74) is -0.265. The molecular formula is C17H21N3O4S. The standard InChI is InChI=1S/C17H21N3O4S/c1-24-14-5-3-2-4-13(14)15-18-8-12(25-15)9-19-16(22)20-7-6-17(23,10-20)11-21/h2-5,8,21,23H,6-7,9-11H2,1H3,(H,19,22)/t17-/m0/s1. The number of nitrogens with one attached hydrogen (secondary N) is 1. The van der Waals surface area contributed by atoms with Gasteiger partial charge < -0.3 is 25.2 Å². The second-order valence-electron chi connectivity index (χ2n) is 6.04. The molecule has 25 heavy (non-hydrogen) atoms. The van der Waals surface area contributed by atoms with E-state index in [1.165, 1.54) is 16.2 Å². The summed E-state index contributed by atoms with van der Waals surface area (Å²) in [4.78, 5) is 19.0. The van der Waals surface area contributed by atoms with E-state index < -0.39 is 5.60 Å². The van der Waals surface area contributed by atoms with Crippen molar-refractivity contribution in [3.8, 4) is 16.3 Å². The number of para-hydroxylation sites is 1. The van der Waals surface area contributed by atoms with Crippen LogP contribution in [0.2, 0.25) is 0 Å². The molecule has 2 amide bonds. The van der Waals surface area contributed by atoms with Gasteiger partial charge >= 0.3 is 6.03 Å². The zero-order valence-electron chi connectivity index (χ0n) is 13.9. The number of aliphatic hydroxyl groups excluding tert-OH is 1. The average molecular weight is 363 g/mol. The van der Waals surface area contributed by atoms with Crippen LogP contribution in [-0.2, 0) is 6.54 Å². The lowest BCUT2D eigenvalue weighted by atomic mass is 10.1. The average Bonchev–Trinajstić information content (AvgIpc) is 3.27. The third-order valence-corrected chi connectivity index (χ3v) is 5.25. The van der Waals surface area contributed by atoms with Gasteiger partial charge in [0.05, 0.1) is 32.4 Å². The first kappa shape index (κ1) is 17.7. The molecule has 3 N–H and O–H groups in total. The van der Waals surface area contributed by atoms with Gasteiger partial charge in [0.25, 0.3) is 0 Å². The molecule has 0 unspecified atom stereocenters. The number of carbonyl (C=O) groups excluding carboxylic acids is 1. The van der Waals surface area contributed by atoms with Gasteiger partial charge in [0.2, 0.25) is 0 Å². The maximum absolute atomic E-state index is 12.2. The Labute approximate surface area is 149 Å². The molecule has 0 bridgehead atoms. The normalized spacial score (nSPS) is 19.9. The number of benzene rings is 1. The quantitative estimate of drug-likeness (QED) is 0.748. The van der Waals surface area contributed by atoms with E-state index in [0.717, 1.165) is 21.2 Å². The number of likely N-dealkylation sites (tertiary alicyclic amines) is 1. The summed E-state index contributed by atoms with van der Waals surface area (Å²) in [6.45, 7) is 0.593. The molecule has 7 nitrogen and oxygen atoms in total. The molecule has 1 aromatic carbocycles. The highest BCUT2D eigenvalue weighted by Crippen LogP contribution is 2.32. The van der Waals surface area contributed by atoms with Crippen LogP contribution in [0.4, 0.5) is 4.79 Å². The molecule has 0 aliphatic carbocycles. The minimum atomic E-state index is -1.18. The van der Waals surface area contributed by atoms with Crippen molar-refractivity contribution in [1.29, 1.82) is 0 Å². The van der Waals surface area contributed by atoms with Crippen molar-refractivity contribution in [2.45, 2.75) is 18.6 Å². The van der Waals surface area contributed by atoms with Crippen molar-refractivity contribution in [3.63, 3.8) is 0 Å². The van der Waals surface area contributed by atoms with Gasteiger partial charge in [-0.1, -0.05) is 12.1 Å². The van der Waals surface area contributed by atoms with E-state index in [1.807, 2.05) is 24.3 Å². The highest BCUT2D eigenvalue weighted by atomic mass is 32.1. The summed E-state index contributed by atoms with van der Waals surface area (Å²) in [6, 6.07) is 7.40. The van der Waals surface area contributed by atoms with Crippen LogP contribution in [0.3, 0.4) is 0 Å². The first-order chi connectivity index (χ1) is 12.0. The minimum Gasteiger partial charge on any atom is -0.496 e. The van der Waals surface area contributed by atoms with Crippen LogP contribution >= 0.6 is 11.3 Å². The molecule has 1 fully saturated rings. The molecule has 2 heterocycles. The molecular weight excluding hydrogens is 342 g/mol. The zero-order valence-corrected chi connectivity index (χ0v) is 14.8. The number of β-amino-alcohol motifs (C(OH)–C–C–N with tert-alkyl or cyclic N) is 1. The molecule has 134 valence electrons. The summed E-state index contributed by atoms with van der Waals surface area (Å²) in [6.07, 6.45) is 2.12. The lowest BCUT2D eigenvalue weighted by Crippen LogP contribution is -2.42. The Morgan fingerprint density at radius 3 is 3.00 bits per heavy atom. The summed E-state index contributed by atoms with van der Waals surface area (Å²) < 4.78 is 5.35. The van der Waals surface area contributed by atoms with Crippen LogP contribution < -0.4 is 10.1 Å². The molecule has 0 radical (unpaired) electrons. The number of amides is 2. The molecule has 0 spiro atoms. The van der Waals surface area contributed by atoms with Crippen LogP contribution in [0.25, 0.3) is 10.6 Å². The summed E-state index contributed by atoms with van der Waals surface area (Å²) in [5, 5.41) is 22.8.